The van der Waals surface area contributed by atoms with Crippen molar-refractivity contribution in [2.45, 2.75) is 19.9 Å². The summed E-state index contributed by atoms with van der Waals surface area (Å²) in [7, 11) is 1.82. The maximum absolute atomic E-state index is 12.4. The maximum Gasteiger partial charge on any atom is 0.256 e. The number of aryl methyl sites for hydroxylation is 2. The summed E-state index contributed by atoms with van der Waals surface area (Å²) >= 11 is 0. The molecule has 4 rings (SSSR count). The third-order valence-electron chi connectivity index (χ3n) is 4.82. The predicted octanol–water partition coefficient (Wildman–Crippen LogP) is 3.54. The van der Waals surface area contributed by atoms with E-state index in [0.29, 0.717) is 11.4 Å². The van der Waals surface area contributed by atoms with Crippen LogP contribution in [0.3, 0.4) is 0 Å². The Morgan fingerprint density at radius 1 is 1.15 bits per heavy atom. The molecule has 1 amide bonds. The van der Waals surface area contributed by atoms with Crippen molar-refractivity contribution in [3.8, 4) is 0 Å². The van der Waals surface area contributed by atoms with Crippen molar-refractivity contribution in [1.82, 2.24) is 9.78 Å². The Balaban J connectivity index is 1.44. The fourth-order valence-electron chi connectivity index (χ4n) is 3.47. The van der Waals surface area contributed by atoms with Crippen LogP contribution in [0.25, 0.3) is 0 Å². The number of hydrogen-bond acceptors (Lipinski definition) is 3. The molecule has 5 heteroatoms. The third kappa shape index (κ3) is 3.20. The Kier molecular flexibility index (Phi) is 4.21. The van der Waals surface area contributed by atoms with E-state index in [1.807, 2.05) is 44.3 Å². The van der Waals surface area contributed by atoms with Gasteiger partial charge in [-0.1, -0.05) is 30.3 Å². The summed E-state index contributed by atoms with van der Waals surface area (Å²) in [4.78, 5) is 14.8. The molecular weight excluding hydrogens is 324 g/mol. The number of carbonyl (C=O) groups excluding carboxylic acids is 1. The number of anilines is 2. The van der Waals surface area contributed by atoms with Gasteiger partial charge in [-0.25, -0.2) is 0 Å². The molecule has 0 saturated carbocycles. The average Bonchev–Trinajstić information content (AvgIpc) is 3.18. The summed E-state index contributed by atoms with van der Waals surface area (Å²) in [6, 6.07) is 18.3. The van der Waals surface area contributed by atoms with Gasteiger partial charge in [-0.3, -0.25) is 9.48 Å². The first-order valence-electron chi connectivity index (χ1n) is 8.84. The Morgan fingerprint density at radius 3 is 2.65 bits per heavy atom. The van der Waals surface area contributed by atoms with Crippen LogP contribution in [0, 0.1) is 6.92 Å². The van der Waals surface area contributed by atoms with Crippen LogP contribution in [0.1, 0.15) is 27.2 Å². The van der Waals surface area contributed by atoms with Gasteiger partial charge in [0, 0.05) is 37.5 Å². The number of para-hydroxylation sites is 1. The number of hydrogen-bond donors (Lipinski definition) is 1. The molecule has 3 aromatic rings. The molecule has 26 heavy (non-hydrogen) atoms. The third-order valence-corrected chi connectivity index (χ3v) is 4.82. The number of fused-ring (bicyclic) bond motifs is 1. The molecule has 0 radical (unpaired) electrons. The highest BCUT2D eigenvalue weighted by Crippen LogP contribution is 2.28. The normalized spacial score (nSPS) is 12.9. The van der Waals surface area contributed by atoms with E-state index < -0.39 is 0 Å². The lowest BCUT2D eigenvalue weighted by Gasteiger charge is -2.19. The van der Waals surface area contributed by atoms with Crippen LogP contribution in [0.15, 0.2) is 54.6 Å². The van der Waals surface area contributed by atoms with Crippen molar-refractivity contribution in [3.05, 3.63) is 77.0 Å². The molecule has 0 bridgehead atoms. The average molecular weight is 346 g/mol. The molecule has 0 saturated heterocycles. The first-order valence-corrected chi connectivity index (χ1v) is 8.84. The molecule has 0 unspecified atom stereocenters. The second-order valence-corrected chi connectivity index (χ2v) is 6.75. The van der Waals surface area contributed by atoms with Crippen LogP contribution in [0.2, 0.25) is 0 Å². The minimum atomic E-state index is -0.119. The Labute approximate surface area is 153 Å². The summed E-state index contributed by atoms with van der Waals surface area (Å²) in [5, 5.41) is 7.15. The summed E-state index contributed by atoms with van der Waals surface area (Å²) in [5.74, 6) is 0.580. The minimum Gasteiger partial charge on any atom is -0.367 e. The van der Waals surface area contributed by atoms with Crippen LogP contribution < -0.4 is 10.2 Å². The molecule has 132 valence electrons. The van der Waals surface area contributed by atoms with Gasteiger partial charge in [0.2, 0.25) is 0 Å². The lowest BCUT2D eigenvalue weighted by molar-refractivity contribution is 0.102. The summed E-state index contributed by atoms with van der Waals surface area (Å²) in [5.41, 5.74) is 5.46. The van der Waals surface area contributed by atoms with Crippen LogP contribution in [0.5, 0.6) is 0 Å². The van der Waals surface area contributed by atoms with Crippen molar-refractivity contribution in [1.29, 1.82) is 0 Å². The van der Waals surface area contributed by atoms with E-state index >= 15 is 0 Å². The number of carbonyl (C=O) groups is 1. The van der Waals surface area contributed by atoms with E-state index in [1.54, 1.807) is 4.68 Å². The minimum absolute atomic E-state index is 0.119. The van der Waals surface area contributed by atoms with Gasteiger partial charge in [0.25, 0.3) is 5.91 Å². The zero-order valence-corrected chi connectivity index (χ0v) is 15.1. The molecule has 5 nitrogen and oxygen atoms in total. The zero-order valence-electron chi connectivity index (χ0n) is 15.1. The molecule has 0 fully saturated rings. The van der Waals surface area contributed by atoms with E-state index in [-0.39, 0.29) is 5.91 Å². The molecule has 0 atom stereocenters. The highest BCUT2D eigenvalue weighted by molar-refractivity contribution is 6.03. The Morgan fingerprint density at radius 2 is 1.92 bits per heavy atom. The van der Waals surface area contributed by atoms with Crippen LogP contribution in [-0.4, -0.2) is 22.2 Å². The van der Waals surface area contributed by atoms with Crippen molar-refractivity contribution in [3.63, 3.8) is 0 Å². The quantitative estimate of drug-likeness (QED) is 0.786. The number of aromatic nitrogens is 2. The van der Waals surface area contributed by atoms with Gasteiger partial charge < -0.3 is 10.2 Å². The fraction of sp³-hybridized carbons (Fsp3) is 0.238. The van der Waals surface area contributed by atoms with Gasteiger partial charge in [0.05, 0.1) is 5.69 Å². The van der Waals surface area contributed by atoms with Crippen LogP contribution >= 0.6 is 0 Å². The van der Waals surface area contributed by atoms with E-state index in [2.05, 4.69) is 39.6 Å². The molecule has 2 heterocycles. The molecule has 1 aromatic heterocycles. The van der Waals surface area contributed by atoms with Crippen molar-refractivity contribution >= 4 is 17.4 Å². The smallest absolute Gasteiger partial charge is 0.256 e. The molecular formula is C21H22N4O. The summed E-state index contributed by atoms with van der Waals surface area (Å²) in [6.07, 6.45) is 1.10. The number of nitrogens with zero attached hydrogens (tertiary/aromatic N) is 3. The Bertz CT molecular complexity index is 943. The fourth-order valence-corrected chi connectivity index (χ4v) is 3.47. The van der Waals surface area contributed by atoms with Gasteiger partial charge in [0.1, 0.15) is 5.82 Å². The van der Waals surface area contributed by atoms with Crippen LogP contribution in [-0.2, 0) is 20.0 Å². The lowest BCUT2D eigenvalue weighted by Crippen LogP contribution is -2.20. The molecule has 2 aromatic carbocycles. The highest BCUT2D eigenvalue weighted by atomic mass is 16.1. The topological polar surface area (TPSA) is 50.2 Å². The molecule has 1 aliphatic heterocycles. The first kappa shape index (κ1) is 16.4. The van der Waals surface area contributed by atoms with Gasteiger partial charge in [-0.2, -0.15) is 5.10 Å². The van der Waals surface area contributed by atoms with Gasteiger partial charge >= 0.3 is 0 Å². The maximum atomic E-state index is 12.4. The lowest BCUT2D eigenvalue weighted by atomic mass is 10.1. The van der Waals surface area contributed by atoms with E-state index in [9.17, 15) is 4.79 Å². The summed E-state index contributed by atoms with van der Waals surface area (Å²) < 4.78 is 1.67. The van der Waals surface area contributed by atoms with E-state index in [1.165, 1.54) is 16.8 Å². The van der Waals surface area contributed by atoms with Gasteiger partial charge in [-0.05, 0) is 42.7 Å². The second kappa shape index (κ2) is 6.67. The molecule has 0 aliphatic carbocycles. The monoisotopic (exact) mass is 346 g/mol. The highest BCUT2D eigenvalue weighted by Gasteiger charge is 2.18. The molecule has 1 aliphatic rings. The number of rotatable bonds is 4. The predicted molar refractivity (Wildman–Crippen MR) is 104 cm³/mol. The van der Waals surface area contributed by atoms with Gasteiger partial charge in [0.15, 0.2) is 0 Å². The number of amides is 1. The Hall–Kier alpha value is -3.08. The SMILES string of the molecule is Cc1cc(NC(=O)c2ccc(CN3CCc4ccccc43)cc2)n(C)n1. The van der Waals surface area contributed by atoms with Gasteiger partial charge in [-0.15, -0.1) is 0 Å². The van der Waals surface area contributed by atoms with Crippen molar-refractivity contribution < 1.29 is 4.79 Å². The standard InChI is InChI=1S/C21H22N4O/c1-15-13-20(24(2)23-15)22-21(26)18-9-7-16(8-10-18)14-25-12-11-17-5-3-4-6-19(17)25/h3-10,13H,11-12,14H2,1-2H3,(H,22,26). The number of nitrogens with one attached hydrogen (secondary N) is 1. The van der Waals surface area contributed by atoms with E-state index in [4.69, 9.17) is 0 Å². The van der Waals surface area contributed by atoms with E-state index in [0.717, 1.165) is 25.2 Å². The molecule has 1 N–H and O–H groups in total. The first-order chi connectivity index (χ1) is 12.6. The molecule has 0 spiro atoms. The largest absolute Gasteiger partial charge is 0.367 e. The van der Waals surface area contributed by atoms with Crippen molar-refractivity contribution in [2.75, 3.05) is 16.8 Å². The summed E-state index contributed by atoms with van der Waals surface area (Å²) in [6.45, 7) is 3.81. The number of benzene rings is 2. The zero-order chi connectivity index (χ0) is 18.1. The van der Waals surface area contributed by atoms with Crippen LogP contribution in [0.4, 0.5) is 11.5 Å². The van der Waals surface area contributed by atoms with Crippen molar-refractivity contribution in [2.24, 2.45) is 7.05 Å². The second-order valence-electron chi connectivity index (χ2n) is 6.75.